The highest BCUT2D eigenvalue weighted by molar-refractivity contribution is 5.92. The molecule has 0 atom stereocenters. The van der Waals surface area contributed by atoms with Crippen molar-refractivity contribution >= 4 is 17.0 Å². The van der Waals surface area contributed by atoms with Crippen LogP contribution in [0.4, 0.5) is 0 Å². The lowest BCUT2D eigenvalue weighted by Gasteiger charge is -1.98. The van der Waals surface area contributed by atoms with E-state index in [1.54, 1.807) is 36.4 Å². The zero-order chi connectivity index (χ0) is 14.1. The number of aromatic nitrogens is 2. The van der Waals surface area contributed by atoms with Gasteiger partial charge in [0.1, 0.15) is 11.6 Å². The Kier molecular flexibility index (Phi) is 2.87. The van der Waals surface area contributed by atoms with Gasteiger partial charge in [0.15, 0.2) is 0 Å². The van der Waals surface area contributed by atoms with Gasteiger partial charge in [-0.3, -0.25) is 0 Å². The van der Waals surface area contributed by atoms with Crippen molar-refractivity contribution in [3.8, 4) is 5.75 Å². The largest absolute Gasteiger partial charge is 0.508 e. The van der Waals surface area contributed by atoms with Crippen LogP contribution in [0.2, 0.25) is 0 Å². The standard InChI is InChI=1S/C15H12N2O3/c18-11-3-1-2-9(6-11)7-14-16-12-5-4-10(15(19)20)8-13(12)17-14/h1-6,8,18H,7H2,(H,16,17)(H,19,20). The second kappa shape index (κ2) is 4.70. The van der Waals surface area contributed by atoms with Gasteiger partial charge >= 0.3 is 5.97 Å². The maximum atomic E-state index is 10.9. The highest BCUT2D eigenvalue weighted by Crippen LogP contribution is 2.18. The van der Waals surface area contributed by atoms with E-state index in [1.165, 1.54) is 0 Å². The maximum absolute atomic E-state index is 10.9. The van der Waals surface area contributed by atoms with Gasteiger partial charge in [0.2, 0.25) is 0 Å². The van der Waals surface area contributed by atoms with Crippen molar-refractivity contribution < 1.29 is 15.0 Å². The Labute approximate surface area is 114 Å². The van der Waals surface area contributed by atoms with Crippen molar-refractivity contribution in [2.45, 2.75) is 6.42 Å². The molecule has 0 spiro atoms. The van der Waals surface area contributed by atoms with Gasteiger partial charge < -0.3 is 15.2 Å². The third kappa shape index (κ3) is 2.33. The van der Waals surface area contributed by atoms with E-state index in [-0.39, 0.29) is 11.3 Å². The molecule has 3 rings (SSSR count). The normalized spacial score (nSPS) is 10.8. The zero-order valence-electron chi connectivity index (χ0n) is 10.5. The molecule has 1 aromatic heterocycles. The van der Waals surface area contributed by atoms with E-state index in [9.17, 15) is 9.90 Å². The lowest BCUT2D eigenvalue weighted by Crippen LogP contribution is -1.94. The minimum absolute atomic E-state index is 0.215. The van der Waals surface area contributed by atoms with E-state index in [1.807, 2.05) is 6.07 Å². The Balaban J connectivity index is 1.95. The molecule has 0 amide bonds. The predicted octanol–water partition coefficient (Wildman–Crippen LogP) is 2.56. The molecule has 0 saturated heterocycles. The van der Waals surface area contributed by atoms with E-state index < -0.39 is 5.97 Å². The summed E-state index contributed by atoms with van der Waals surface area (Å²) in [6.45, 7) is 0. The van der Waals surface area contributed by atoms with E-state index >= 15 is 0 Å². The number of phenols is 1. The number of nitrogens with one attached hydrogen (secondary N) is 1. The average Bonchev–Trinajstić information content (AvgIpc) is 2.79. The van der Waals surface area contributed by atoms with Crippen LogP contribution >= 0.6 is 0 Å². The number of H-pyrrole nitrogens is 1. The molecular weight excluding hydrogens is 256 g/mol. The van der Waals surface area contributed by atoms with Gasteiger partial charge in [-0.25, -0.2) is 9.78 Å². The molecule has 1 heterocycles. The van der Waals surface area contributed by atoms with Crippen molar-refractivity contribution in [2.75, 3.05) is 0 Å². The maximum Gasteiger partial charge on any atom is 0.335 e. The SMILES string of the molecule is O=C(O)c1ccc2[nH]c(Cc3cccc(O)c3)nc2c1. The summed E-state index contributed by atoms with van der Waals surface area (Å²) in [5.41, 5.74) is 2.57. The van der Waals surface area contributed by atoms with Crippen LogP contribution in [0.3, 0.4) is 0 Å². The number of nitrogens with zero attached hydrogens (tertiary/aromatic N) is 1. The Morgan fingerprint density at radius 3 is 2.80 bits per heavy atom. The average molecular weight is 268 g/mol. The van der Waals surface area contributed by atoms with Crippen LogP contribution in [0.25, 0.3) is 11.0 Å². The summed E-state index contributed by atoms with van der Waals surface area (Å²) in [7, 11) is 0. The van der Waals surface area contributed by atoms with Gasteiger partial charge in [-0.1, -0.05) is 12.1 Å². The second-order valence-corrected chi connectivity index (χ2v) is 4.57. The predicted molar refractivity (Wildman–Crippen MR) is 74.0 cm³/mol. The molecule has 20 heavy (non-hydrogen) atoms. The molecular formula is C15H12N2O3. The first kappa shape index (κ1) is 12.2. The molecule has 100 valence electrons. The zero-order valence-corrected chi connectivity index (χ0v) is 10.5. The summed E-state index contributed by atoms with van der Waals surface area (Å²) in [6, 6.07) is 11.8. The number of aromatic hydroxyl groups is 1. The number of imidazole rings is 1. The van der Waals surface area contributed by atoms with E-state index in [4.69, 9.17) is 5.11 Å². The highest BCUT2D eigenvalue weighted by atomic mass is 16.4. The highest BCUT2D eigenvalue weighted by Gasteiger charge is 2.08. The fraction of sp³-hybridized carbons (Fsp3) is 0.0667. The number of carboxylic acids is 1. The van der Waals surface area contributed by atoms with Crippen LogP contribution < -0.4 is 0 Å². The van der Waals surface area contributed by atoms with Gasteiger partial charge in [0, 0.05) is 6.42 Å². The number of aromatic amines is 1. The monoisotopic (exact) mass is 268 g/mol. The first-order chi connectivity index (χ1) is 9.61. The Hall–Kier alpha value is -2.82. The Bertz CT molecular complexity index is 793. The van der Waals surface area contributed by atoms with Gasteiger partial charge in [0.25, 0.3) is 0 Å². The van der Waals surface area contributed by atoms with Gasteiger partial charge in [-0.05, 0) is 35.9 Å². The minimum Gasteiger partial charge on any atom is -0.508 e. The number of fused-ring (bicyclic) bond motifs is 1. The number of aromatic carboxylic acids is 1. The quantitative estimate of drug-likeness (QED) is 0.681. The molecule has 0 saturated carbocycles. The molecule has 0 bridgehead atoms. The van der Waals surface area contributed by atoms with Crippen LogP contribution in [-0.4, -0.2) is 26.2 Å². The summed E-state index contributed by atoms with van der Waals surface area (Å²) in [6.07, 6.45) is 0.547. The minimum atomic E-state index is -0.968. The Morgan fingerprint density at radius 1 is 1.20 bits per heavy atom. The summed E-state index contributed by atoms with van der Waals surface area (Å²) >= 11 is 0. The summed E-state index contributed by atoms with van der Waals surface area (Å²) < 4.78 is 0. The van der Waals surface area contributed by atoms with Crippen molar-refractivity contribution in [3.05, 3.63) is 59.4 Å². The first-order valence-corrected chi connectivity index (χ1v) is 6.12. The summed E-state index contributed by atoms with van der Waals surface area (Å²) in [5.74, 6) is -0.0238. The molecule has 5 nitrogen and oxygen atoms in total. The summed E-state index contributed by atoms with van der Waals surface area (Å²) in [5, 5.41) is 18.4. The number of carbonyl (C=O) groups is 1. The number of hydrogen-bond acceptors (Lipinski definition) is 3. The second-order valence-electron chi connectivity index (χ2n) is 4.57. The fourth-order valence-corrected chi connectivity index (χ4v) is 2.14. The van der Waals surface area contributed by atoms with E-state index in [0.717, 1.165) is 16.9 Å². The van der Waals surface area contributed by atoms with Crippen LogP contribution in [-0.2, 0) is 6.42 Å². The molecule has 0 aliphatic heterocycles. The van der Waals surface area contributed by atoms with Crippen molar-refractivity contribution in [2.24, 2.45) is 0 Å². The molecule has 2 aromatic carbocycles. The smallest absolute Gasteiger partial charge is 0.335 e. The van der Waals surface area contributed by atoms with Crippen molar-refractivity contribution in [3.63, 3.8) is 0 Å². The van der Waals surface area contributed by atoms with Crippen LogP contribution in [0.1, 0.15) is 21.7 Å². The number of benzene rings is 2. The van der Waals surface area contributed by atoms with Gasteiger partial charge in [0.05, 0.1) is 16.6 Å². The lowest BCUT2D eigenvalue weighted by atomic mass is 10.1. The van der Waals surface area contributed by atoms with Crippen LogP contribution in [0.5, 0.6) is 5.75 Å². The van der Waals surface area contributed by atoms with E-state index in [2.05, 4.69) is 9.97 Å². The Morgan fingerprint density at radius 2 is 2.05 bits per heavy atom. The van der Waals surface area contributed by atoms with Gasteiger partial charge in [-0.15, -0.1) is 0 Å². The topological polar surface area (TPSA) is 86.2 Å². The van der Waals surface area contributed by atoms with Crippen molar-refractivity contribution in [1.29, 1.82) is 0 Å². The molecule has 5 heteroatoms. The molecule has 3 N–H and O–H groups in total. The van der Waals surface area contributed by atoms with Crippen LogP contribution in [0, 0.1) is 0 Å². The number of hydrogen-bond donors (Lipinski definition) is 3. The lowest BCUT2D eigenvalue weighted by molar-refractivity contribution is 0.0697. The number of rotatable bonds is 3. The molecule has 0 unspecified atom stereocenters. The molecule has 0 radical (unpaired) electrons. The summed E-state index contributed by atoms with van der Waals surface area (Å²) in [4.78, 5) is 18.4. The number of carboxylic acid groups (broad SMARTS) is 1. The molecule has 0 aliphatic rings. The third-order valence-corrected chi connectivity index (χ3v) is 3.06. The molecule has 0 fully saturated rings. The van der Waals surface area contributed by atoms with Gasteiger partial charge in [-0.2, -0.15) is 0 Å². The molecule has 3 aromatic rings. The van der Waals surface area contributed by atoms with Crippen LogP contribution in [0.15, 0.2) is 42.5 Å². The fourth-order valence-electron chi connectivity index (χ4n) is 2.14. The van der Waals surface area contributed by atoms with E-state index in [0.29, 0.717) is 11.9 Å². The third-order valence-electron chi connectivity index (χ3n) is 3.06. The number of phenolic OH excluding ortho intramolecular Hbond substituents is 1. The molecule has 0 aliphatic carbocycles. The van der Waals surface area contributed by atoms with Crippen molar-refractivity contribution in [1.82, 2.24) is 9.97 Å². The first-order valence-electron chi connectivity index (χ1n) is 6.12.